The molecule has 0 amide bonds. The largest absolute Gasteiger partial charge is 0.340 e. The Balaban J connectivity index is 2.40. The first-order valence-corrected chi connectivity index (χ1v) is 5.16. The topological polar surface area (TPSA) is 59.4 Å². The van der Waals surface area contributed by atoms with Crippen LogP contribution < -0.4 is 0 Å². The van der Waals surface area contributed by atoms with Gasteiger partial charge in [0.25, 0.3) is 5.92 Å². The highest BCUT2D eigenvalue weighted by Crippen LogP contribution is 2.20. The van der Waals surface area contributed by atoms with E-state index in [0.29, 0.717) is 23.2 Å². The molecule has 0 bridgehead atoms. The second-order valence-electron chi connectivity index (χ2n) is 4.09. The summed E-state index contributed by atoms with van der Waals surface area (Å²) < 4.78 is 27.2. The predicted molar refractivity (Wildman–Crippen MR) is 57.7 cm³/mol. The van der Waals surface area contributed by atoms with Gasteiger partial charge in [-0.2, -0.15) is 5.10 Å². The molecule has 0 aliphatic carbocycles. The van der Waals surface area contributed by atoms with Crippen LogP contribution in [0.5, 0.6) is 0 Å². The summed E-state index contributed by atoms with van der Waals surface area (Å²) >= 11 is 0. The quantitative estimate of drug-likeness (QED) is 0.893. The first-order chi connectivity index (χ1) is 7.85. The van der Waals surface area contributed by atoms with E-state index in [1.165, 1.54) is 4.68 Å². The Morgan fingerprint density at radius 2 is 2.12 bits per heavy atom. The number of aromatic amines is 1. The number of aryl methyl sites for hydroxylation is 2. The van der Waals surface area contributed by atoms with Crippen molar-refractivity contribution in [3.05, 3.63) is 17.8 Å². The third-order valence-electron chi connectivity index (χ3n) is 2.15. The molecule has 5 nitrogen and oxygen atoms in total. The third-order valence-corrected chi connectivity index (χ3v) is 2.15. The molecule has 0 fully saturated rings. The zero-order chi connectivity index (χ0) is 12.6. The second-order valence-corrected chi connectivity index (χ2v) is 4.09. The summed E-state index contributed by atoms with van der Waals surface area (Å²) in [4.78, 5) is 11.1. The standard InChI is InChI=1S/C10H13F2N5/c1-6-13-4-8(14-6)9-15-7(2)16-17(9)5-10(3,11)12/h4H,5H2,1-3H3,(H,13,14). The molecule has 2 aromatic rings. The average Bonchev–Trinajstić information content (AvgIpc) is 2.70. The number of alkyl halides is 2. The van der Waals surface area contributed by atoms with Crippen LogP contribution in [0, 0.1) is 13.8 Å². The summed E-state index contributed by atoms with van der Waals surface area (Å²) in [5.41, 5.74) is 0.590. The van der Waals surface area contributed by atoms with Crippen molar-refractivity contribution in [2.75, 3.05) is 0 Å². The van der Waals surface area contributed by atoms with Crippen molar-refractivity contribution in [1.82, 2.24) is 24.7 Å². The van der Waals surface area contributed by atoms with E-state index in [0.717, 1.165) is 6.92 Å². The van der Waals surface area contributed by atoms with E-state index in [1.807, 2.05) is 0 Å². The van der Waals surface area contributed by atoms with Crippen LogP contribution in [-0.2, 0) is 6.54 Å². The van der Waals surface area contributed by atoms with Crippen LogP contribution in [0.15, 0.2) is 6.20 Å². The summed E-state index contributed by atoms with van der Waals surface area (Å²) in [7, 11) is 0. The van der Waals surface area contributed by atoms with Gasteiger partial charge in [0.05, 0.1) is 6.20 Å². The smallest absolute Gasteiger partial charge is 0.264 e. The molecule has 17 heavy (non-hydrogen) atoms. The summed E-state index contributed by atoms with van der Waals surface area (Å²) in [6.07, 6.45) is 1.56. The molecule has 7 heteroatoms. The fourth-order valence-electron chi connectivity index (χ4n) is 1.56. The highest BCUT2D eigenvalue weighted by molar-refractivity contribution is 5.48. The minimum Gasteiger partial charge on any atom is -0.340 e. The fraction of sp³-hybridized carbons (Fsp3) is 0.500. The molecule has 0 spiro atoms. The van der Waals surface area contributed by atoms with E-state index in [2.05, 4.69) is 20.1 Å². The van der Waals surface area contributed by atoms with E-state index >= 15 is 0 Å². The molecule has 0 atom stereocenters. The van der Waals surface area contributed by atoms with Gasteiger partial charge >= 0.3 is 0 Å². The molecule has 2 aromatic heterocycles. The molecular formula is C10H13F2N5. The van der Waals surface area contributed by atoms with Gasteiger partial charge in [0.1, 0.15) is 23.9 Å². The minimum atomic E-state index is -2.83. The lowest BCUT2D eigenvalue weighted by Gasteiger charge is -2.11. The molecule has 92 valence electrons. The number of nitrogens with one attached hydrogen (secondary N) is 1. The SMILES string of the molecule is Cc1nc(-c2cnc(C)[nH]2)n(CC(C)(F)F)n1. The Morgan fingerprint density at radius 1 is 1.41 bits per heavy atom. The van der Waals surface area contributed by atoms with Crippen LogP contribution in [0.25, 0.3) is 11.5 Å². The van der Waals surface area contributed by atoms with Crippen LogP contribution in [0.2, 0.25) is 0 Å². The lowest BCUT2D eigenvalue weighted by molar-refractivity contribution is 0.000929. The zero-order valence-corrected chi connectivity index (χ0v) is 9.83. The molecule has 0 saturated heterocycles. The Bertz CT molecular complexity index is 523. The Morgan fingerprint density at radius 3 is 2.65 bits per heavy atom. The van der Waals surface area contributed by atoms with Gasteiger partial charge in [-0.05, 0) is 13.8 Å². The Hall–Kier alpha value is -1.79. The van der Waals surface area contributed by atoms with Crippen LogP contribution in [0.3, 0.4) is 0 Å². The lowest BCUT2D eigenvalue weighted by Crippen LogP contribution is -2.21. The maximum absolute atomic E-state index is 13.0. The first kappa shape index (κ1) is 11.7. The van der Waals surface area contributed by atoms with Crippen molar-refractivity contribution < 1.29 is 8.78 Å². The van der Waals surface area contributed by atoms with E-state index in [4.69, 9.17) is 0 Å². The van der Waals surface area contributed by atoms with Crippen molar-refractivity contribution in [3.8, 4) is 11.5 Å². The normalized spacial score (nSPS) is 12.1. The average molecular weight is 241 g/mol. The van der Waals surface area contributed by atoms with Gasteiger partial charge in [0, 0.05) is 6.92 Å². The summed E-state index contributed by atoms with van der Waals surface area (Å²) in [5, 5.41) is 3.96. The zero-order valence-electron chi connectivity index (χ0n) is 9.83. The monoisotopic (exact) mass is 241 g/mol. The van der Waals surface area contributed by atoms with Crippen molar-refractivity contribution in [3.63, 3.8) is 0 Å². The van der Waals surface area contributed by atoms with Crippen molar-refractivity contribution in [2.45, 2.75) is 33.2 Å². The van der Waals surface area contributed by atoms with Gasteiger partial charge in [-0.15, -0.1) is 0 Å². The number of imidazole rings is 1. The molecule has 0 aliphatic rings. The van der Waals surface area contributed by atoms with Crippen molar-refractivity contribution in [2.24, 2.45) is 0 Å². The molecule has 0 aromatic carbocycles. The van der Waals surface area contributed by atoms with Gasteiger partial charge in [-0.25, -0.2) is 23.4 Å². The fourth-order valence-corrected chi connectivity index (χ4v) is 1.56. The van der Waals surface area contributed by atoms with Gasteiger partial charge in [-0.1, -0.05) is 0 Å². The van der Waals surface area contributed by atoms with Crippen LogP contribution in [0.1, 0.15) is 18.6 Å². The van der Waals surface area contributed by atoms with Gasteiger partial charge < -0.3 is 4.98 Å². The lowest BCUT2D eigenvalue weighted by atomic mass is 10.3. The molecule has 0 unspecified atom stereocenters. The van der Waals surface area contributed by atoms with Gasteiger partial charge in [-0.3, -0.25) is 0 Å². The number of H-pyrrole nitrogens is 1. The maximum Gasteiger partial charge on any atom is 0.264 e. The second kappa shape index (κ2) is 3.90. The van der Waals surface area contributed by atoms with Crippen molar-refractivity contribution >= 4 is 0 Å². The van der Waals surface area contributed by atoms with E-state index in [1.54, 1.807) is 20.0 Å². The molecular weight excluding hydrogens is 228 g/mol. The predicted octanol–water partition coefficient (Wildman–Crippen LogP) is 1.94. The van der Waals surface area contributed by atoms with Gasteiger partial charge in [0.2, 0.25) is 0 Å². The Labute approximate surface area is 96.9 Å². The molecule has 1 N–H and O–H groups in total. The highest BCUT2D eigenvalue weighted by atomic mass is 19.3. The van der Waals surface area contributed by atoms with E-state index in [9.17, 15) is 8.78 Å². The number of hydrogen-bond donors (Lipinski definition) is 1. The minimum absolute atomic E-state index is 0.379. The molecule has 0 radical (unpaired) electrons. The van der Waals surface area contributed by atoms with Crippen LogP contribution in [-0.4, -0.2) is 30.7 Å². The summed E-state index contributed by atoms with van der Waals surface area (Å²) in [5.74, 6) is -1.29. The van der Waals surface area contributed by atoms with Crippen molar-refractivity contribution in [1.29, 1.82) is 0 Å². The van der Waals surface area contributed by atoms with Crippen LogP contribution in [0.4, 0.5) is 8.78 Å². The number of nitrogens with zero attached hydrogens (tertiary/aromatic N) is 4. The number of hydrogen-bond acceptors (Lipinski definition) is 3. The van der Waals surface area contributed by atoms with Crippen LogP contribution >= 0.6 is 0 Å². The number of rotatable bonds is 3. The summed E-state index contributed by atoms with van der Waals surface area (Å²) in [6.45, 7) is 3.80. The maximum atomic E-state index is 13.0. The van der Waals surface area contributed by atoms with E-state index < -0.39 is 12.5 Å². The third kappa shape index (κ3) is 2.66. The molecule has 0 saturated carbocycles. The Kier molecular flexibility index (Phi) is 2.68. The molecule has 0 aliphatic heterocycles. The molecule has 2 heterocycles. The summed E-state index contributed by atoms with van der Waals surface area (Å²) in [6, 6.07) is 0. The number of aromatic nitrogens is 5. The number of halogens is 2. The first-order valence-electron chi connectivity index (χ1n) is 5.16. The molecule has 2 rings (SSSR count). The highest BCUT2D eigenvalue weighted by Gasteiger charge is 2.25. The van der Waals surface area contributed by atoms with Gasteiger partial charge in [0.15, 0.2) is 5.82 Å². The van der Waals surface area contributed by atoms with E-state index in [-0.39, 0.29) is 0 Å².